The molecule has 0 radical (unpaired) electrons. The average molecular weight is 413 g/mol. The van der Waals surface area contributed by atoms with Crippen molar-refractivity contribution in [3.63, 3.8) is 0 Å². The Balaban J connectivity index is 0.00000169. The molecule has 148 valence electrons. The van der Waals surface area contributed by atoms with Gasteiger partial charge in [-0.05, 0) is 18.6 Å². The number of carbonyl (C=O) groups is 1. The van der Waals surface area contributed by atoms with Crippen LogP contribution in [0.3, 0.4) is 0 Å². The van der Waals surface area contributed by atoms with Gasteiger partial charge in [0.2, 0.25) is 0 Å². The number of halogens is 4. The summed E-state index contributed by atoms with van der Waals surface area (Å²) >= 11 is 0. The van der Waals surface area contributed by atoms with Gasteiger partial charge in [-0.3, -0.25) is 9.69 Å². The number of nitrogens with zero attached hydrogens (tertiary/aromatic N) is 3. The molecule has 6 nitrogen and oxygen atoms in total. The van der Waals surface area contributed by atoms with Gasteiger partial charge in [-0.25, -0.2) is 13.8 Å². The molecule has 2 fully saturated rings. The first-order valence-corrected chi connectivity index (χ1v) is 8.25. The van der Waals surface area contributed by atoms with Crippen LogP contribution in [-0.4, -0.2) is 79.0 Å². The molecule has 0 saturated carbocycles. The third kappa shape index (κ3) is 5.64. The normalized spacial score (nSPS) is 20.4. The zero-order valence-electron chi connectivity index (χ0n) is 14.3. The molecule has 10 heteroatoms. The van der Waals surface area contributed by atoms with E-state index in [2.05, 4.69) is 15.2 Å². The lowest BCUT2D eigenvalue weighted by Crippen LogP contribution is -2.49. The van der Waals surface area contributed by atoms with E-state index >= 15 is 0 Å². The second kappa shape index (κ2) is 10.8. The second-order valence-electron chi connectivity index (χ2n) is 6.03. The number of ether oxygens (including phenoxy) is 1. The monoisotopic (exact) mass is 412 g/mol. The van der Waals surface area contributed by atoms with Gasteiger partial charge in [0.1, 0.15) is 6.61 Å². The summed E-state index contributed by atoms with van der Waals surface area (Å²) in [6.07, 6.45) is -0.185. The number of rotatable bonds is 5. The number of carbonyl (C=O) groups excluding carboxylic acids is 1. The predicted molar refractivity (Wildman–Crippen MR) is 99.0 cm³/mol. The van der Waals surface area contributed by atoms with Crippen molar-refractivity contribution in [1.82, 2.24) is 20.1 Å². The molecule has 2 saturated heterocycles. The Labute approximate surface area is 164 Å². The van der Waals surface area contributed by atoms with Gasteiger partial charge in [-0.15, -0.1) is 24.8 Å². The molecule has 3 heterocycles. The number of alkyl halides is 2. The summed E-state index contributed by atoms with van der Waals surface area (Å²) in [6, 6.07) is 3.43. The van der Waals surface area contributed by atoms with Crippen LogP contribution in [0.4, 0.5) is 8.78 Å². The highest BCUT2D eigenvalue weighted by Crippen LogP contribution is 2.22. The van der Waals surface area contributed by atoms with Crippen molar-refractivity contribution < 1.29 is 18.3 Å². The third-order valence-corrected chi connectivity index (χ3v) is 4.46. The Morgan fingerprint density at radius 1 is 1.31 bits per heavy atom. The highest BCUT2D eigenvalue weighted by Gasteiger charge is 2.32. The van der Waals surface area contributed by atoms with E-state index in [1.165, 1.54) is 12.3 Å². The number of nitrogens with one attached hydrogen (secondary N) is 1. The molecule has 1 aromatic rings. The number of piperazine rings is 1. The largest absolute Gasteiger partial charge is 0.485 e. The summed E-state index contributed by atoms with van der Waals surface area (Å²) in [4.78, 5) is 20.9. The number of pyridine rings is 1. The van der Waals surface area contributed by atoms with Gasteiger partial charge in [-0.2, -0.15) is 0 Å². The zero-order valence-corrected chi connectivity index (χ0v) is 15.9. The van der Waals surface area contributed by atoms with E-state index in [-0.39, 0.29) is 42.2 Å². The molecular weight excluding hydrogens is 389 g/mol. The summed E-state index contributed by atoms with van der Waals surface area (Å²) in [6.45, 7) is 4.46. The highest BCUT2D eigenvalue weighted by atomic mass is 35.5. The lowest BCUT2D eigenvalue weighted by atomic mass is 10.2. The first kappa shape index (κ1) is 22.8. The maximum atomic E-state index is 12.7. The van der Waals surface area contributed by atoms with Crippen molar-refractivity contribution in [2.75, 3.05) is 45.9 Å². The van der Waals surface area contributed by atoms with Crippen LogP contribution in [0.25, 0.3) is 0 Å². The smallest absolute Gasteiger partial charge is 0.276 e. The predicted octanol–water partition coefficient (Wildman–Crippen LogP) is 1.69. The first-order chi connectivity index (χ1) is 11.6. The minimum Gasteiger partial charge on any atom is -0.485 e. The summed E-state index contributed by atoms with van der Waals surface area (Å²) in [5.41, 5.74) is 0.110. The molecule has 1 unspecified atom stereocenters. The van der Waals surface area contributed by atoms with Crippen molar-refractivity contribution in [3.8, 4) is 5.75 Å². The molecule has 0 bridgehead atoms. The van der Waals surface area contributed by atoms with Crippen molar-refractivity contribution in [3.05, 3.63) is 24.0 Å². The Morgan fingerprint density at radius 3 is 2.73 bits per heavy atom. The Hall–Kier alpha value is -1.22. The summed E-state index contributed by atoms with van der Waals surface area (Å²) in [7, 11) is 0. The van der Waals surface area contributed by atoms with Crippen LogP contribution >= 0.6 is 24.8 Å². The number of likely N-dealkylation sites (tertiary alicyclic amines) is 1. The fourth-order valence-electron chi connectivity index (χ4n) is 3.24. The molecule has 1 N–H and O–H groups in total. The van der Waals surface area contributed by atoms with Crippen LogP contribution in [-0.2, 0) is 0 Å². The summed E-state index contributed by atoms with van der Waals surface area (Å²) in [5.74, 6) is -0.133. The maximum Gasteiger partial charge on any atom is 0.276 e. The van der Waals surface area contributed by atoms with E-state index in [1.54, 1.807) is 11.0 Å². The van der Waals surface area contributed by atoms with Crippen LogP contribution in [0.1, 0.15) is 16.9 Å². The van der Waals surface area contributed by atoms with Crippen LogP contribution in [0, 0.1) is 0 Å². The van der Waals surface area contributed by atoms with Crippen molar-refractivity contribution in [2.45, 2.75) is 18.9 Å². The Bertz CT molecular complexity index is 577. The van der Waals surface area contributed by atoms with Crippen LogP contribution < -0.4 is 10.1 Å². The number of aromatic nitrogens is 1. The molecule has 0 spiro atoms. The molecule has 2 aliphatic heterocycles. The van der Waals surface area contributed by atoms with Gasteiger partial charge in [-0.1, -0.05) is 0 Å². The Kier molecular flexibility index (Phi) is 9.49. The fraction of sp³-hybridized carbons (Fsp3) is 0.625. The maximum absolute atomic E-state index is 12.7. The van der Waals surface area contributed by atoms with Crippen LogP contribution in [0.5, 0.6) is 5.75 Å². The molecule has 1 atom stereocenters. The minimum atomic E-state index is -2.59. The lowest BCUT2D eigenvalue weighted by molar-refractivity contribution is 0.0718. The van der Waals surface area contributed by atoms with Gasteiger partial charge >= 0.3 is 0 Å². The first-order valence-electron chi connectivity index (χ1n) is 8.25. The minimum absolute atomic E-state index is 0. The molecule has 1 amide bonds. The number of amides is 1. The standard InChI is InChI=1S/C16H22F2N4O2.2ClH/c17-14(18)11-24-13-2-1-4-20-15(13)16(23)22-7-3-12(10-22)21-8-5-19-6-9-21;;/h1-2,4,12,14,19H,3,5-11H2;2*1H. The second-order valence-corrected chi connectivity index (χ2v) is 6.03. The molecule has 0 aliphatic carbocycles. The van der Waals surface area contributed by atoms with E-state index in [1.807, 2.05) is 0 Å². The van der Waals surface area contributed by atoms with Crippen LogP contribution in [0.2, 0.25) is 0 Å². The van der Waals surface area contributed by atoms with E-state index < -0.39 is 13.0 Å². The molecule has 1 aromatic heterocycles. The Morgan fingerprint density at radius 2 is 2.04 bits per heavy atom. The van der Waals surface area contributed by atoms with E-state index in [0.29, 0.717) is 19.1 Å². The SMILES string of the molecule is Cl.Cl.O=C(c1ncccc1OCC(F)F)N1CCC(N2CCNCC2)C1. The van der Waals surface area contributed by atoms with Gasteiger partial charge in [0.15, 0.2) is 11.4 Å². The van der Waals surface area contributed by atoms with E-state index in [4.69, 9.17) is 4.74 Å². The van der Waals surface area contributed by atoms with E-state index in [9.17, 15) is 13.6 Å². The summed E-state index contributed by atoms with van der Waals surface area (Å²) < 4.78 is 29.8. The fourth-order valence-corrected chi connectivity index (χ4v) is 3.24. The number of hydrogen-bond acceptors (Lipinski definition) is 5. The molecule has 26 heavy (non-hydrogen) atoms. The van der Waals surface area contributed by atoms with Gasteiger partial charge in [0.05, 0.1) is 0 Å². The molecule has 0 aromatic carbocycles. The van der Waals surface area contributed by atoms with Gasteiger partial charge in [0.25, 0.3) is 12.3 Å². The van der Waals surface area contributed by atoms with Gasteiger partial charge in [0, 0.05) is 51.5 Å². The zero-order chi connectivity index (χ0) is 16.9. The summed E-state index contributed by atoms with van der Waals surface area (Å²) in [5, 5.41) is 3.32. The average Bonchev–Trinajstić information content (AvgIpc) is 3.10. The number of hydrogen-bond donors (Lipinski definition) is 1. The molecular formula is C16H24Cl2F2N4O2. The topological polar surface area (TPSA) is 57.7 Å². The van der Waals surface area contributed by atoms with Crippen molar-refractivity contribution >= 4 is 30.7 Å². The van der Waals surface area contributed by atoms with Gasteiger partial charge < -0.3 is 15.0 Å². The van der Waals surface area contributed by atoms with Crippen molar-refractivity contribution in [1.29, 1.82) is 0 Å². The third-order valence-electron chi connectivity index (χ3n) is 4.46. The van der Waals surface area contributed by atoms with E-state index in [0.717, 1.165) is 32.6 Å². The van der Waals surface area contributed by atoms with Crippen molar-refractivity contribution in [2.24, 2.45) is 0 Å². The molecule has 3 rings (SSSR count). The lowest BCUT2D eigenvalue weighted by Gasteiger charge is -2.32. The quantitative estimate of drug-likeness (QED) is 0.797. The van der Waals surface area contributed by atoms with Crippen LogP contribution in [0.15, 0.2) is 18.3 Å². The highest BCUT2D eigenvalue weighted by molar-refractivity contribution is 5.95. The molecule has 2 aliphatic rings.